The number of hydrogen-bond donors (Lipinski definition) is 2. The number of carbonyl (C=O) groups excluding carboxylic acids is 2. The van der Waals surface area contributed by atoms with Gasteiger partial charge in [0.05, 0.1) is 17.3 Å². The summed E-state index contributed by atoms with van der Waals surface area (Å²) in [7, 11) is 0. The van der Waals surface area contributed by atoms with E-state index in [1.54, 1.807) is 6.92 Å². The quantitative estimate of drug-likeness (QED) is 0.0180. The Morgan fingerprint density at radius 2 is 1.30 bits per heavy atom. The largest absolute Gasteiger partial charge is 0.462 e. The molecular weight excluding hydrogens is 793 g/mol. The zero-order chi connectivity index (χ0) is 47.4. The first kappa shape index (κ1) is 54.5. The lowest BCUT2D eigenvalue weighted by molar-refractivity contribution is -0.153. The van der Waals surface area contributed by atoms with Crippen molar-refractivity contribution < 1.29 is 29.3 Å². The van der Waals surface area contributed by atoms with Crippen LogP contribution in [0.25, 0.3) is 0 Å². The van der Waals surface area contributed by atoms with Crippen molar-refractivity contribution >= 4 is 11.8 Å². The second kappa shape index (κ2) is 25.8. The molecule has 0 aromatic carbocycles. The highest BCUT2D eigenvalue weighted by Gasteiger charge is 2.76. The van der Waals surface area contributed by atoms with Gasteiger partial charge in [0, 0.05) is 36.7 Å². The minimum Gasteiger partial charge on any atom is -0.462 e. The number of hydrogen-bond acceptors (Lipinski definition) is 6. The fourth-order valence-electron chi connectivity index (χ4n) is 9.85. The van der Waals surface area contributed by atoms with Crippen LogP contribution in [0.1, 0.15) is 185 Å². The molecule has 6 nitrogen and oxygen atoms in total. The molecule has 6 heteroatoms. The average molecular weight is 879 g/mol. The van der Waals surface area contributed by atoms with Gasteiger partial charge in [-0.2, -0.15) is 0 Å². The highest BCUT2D eigenvalue weighted by molar-refractivity contribution is 5.96. The van der Waals surface area contributed by atoms with E-state index in [0.29, 0.717) is 44.1 Å². The summed E-state index contributed by atoms with van der Waals surface area (Å²) < 4.78 is 12.5. The molecule has 1 aliphatic heterocycles. The number of ketones is 1. The second-order valence-electron chi connectivity index (χ2n) is 20.7. The first-order valence-electron chi connectivity index (χ1n) is 24.5. The van der Waals surface area contributed by atoms with E-state index in [1.807, 2.05) is 108 Å². The minimum atomic E-state index is -1.08. The summed E-state index contributed by atoms with van der Waals surface area (Å²) >= 11 is 0. The maximum atomic E-state index is 13.5. The number of rotatable bonds is 25. The molecule has 3 rings (SSSR count). The molecule has 2 N–H and O–H groups in total. The summed E-state index contributed by atoms with van der Waals surface area (Å²) in [5.41, 5.74) is 5.25. The first-order valence-corrected chi connectivity index (χ1v) is 24.5. The summed E-state index contributed by atoms with van der Waals surface area (Å²) in [6, 6.07) is 0. The van der Waals surface area contributed by atoms with Crippen LogP contribution < -0.4 is 0 Å². The number of aliphatic hydroxyl groups excluding tert-OH is 1. The number of Topliss-reactive ketones (excluding diaryl/α,β-unsaturated/α-hetero) is 1. The molecule has 0 radical (unpaired) electrons. The highest BCUT2D eigenvalue weighted by Crippen LogP contribution is 2.67. The molecule has 2 saturated carbocycles. The van der Waals surface area contributed by atoms with Crippen molar-refractivity contribution in [3.63, 3.8) is 0 Å². The van der Waals surface area contributed by atoms with E-state index >= 15 is 0 Å². The average Bonchev–Trinajstić information content (AvgIpc) is 3.81. The number of aliphatic hydroxyl groups is 2. The van der Waals surface area contributed by atoms with Gasteiger partial charge < -0.3 is 19.7 Å². The number of fused-ring (bicyclic) bond motifs is 1. The molecule has 2 aliphatic carbocycles. The van der Waals surface area contributed by atoms with Crippen LogP contribution in [0.15, 0.2) is 125 Å². The molecule has 0 bridgehead atoms. The van der Waals surface area contributed by atoms with Crippen molar-refractivity contribution in [1.29, 1.82) is 0 Å². The summed E-state index contributed by atoms with van der Waals surface area (Å²) in [5, 5.41) is 21.1. The zero-order valence-corrected chi connectivity index (χ0v) is 41.9. The third-order valence-electron chi connectivity index (χ3n) is 13.4. The third-order valence-corrected chi connectivity index (χ3v) is 13.4. The lowest BCUT2D eigenvalue weighted by Crippen LogP contribution is -2.49. The third kappa shape index (κ3) is 17.5. The minimum absolute atomic E-state index is 0.0774. The van der Waals surface area contributed by atoms with Gasteiger partial charge in [-0.15, -0.1) is 5.73 Å². The number of allylic oxidation sites excluding steroid dienone is 18. The van der Waals surface area contributed by atoms with Crippen LogP contribution in [0, 0.1) is 10.8 Å². The molecule has 64 heavy (non-hydrogen) atoms. The number of unbranched alkanes of at least 4 members (excludes halogenated alkanes) is 8. The van der Waals surface area contributed by atoms with E-state index in [2.05, 4.69) is 57.7 Å². The zero-order valence-electron chi connectivity index (χ0n) is 41.9. The molecular formula is C58H86O6. The Balaban J connectivity index is 1.39. The van der Waals surface area contributed by atoms with Crippen molar-refractivity contribution in [1.82, 2.24) is 0 Å². The summed E-state index contributed by atoms with van der Waals surface area (Å²) in [6.45, 7) is 22.4. The van der Waals surface area contributed by atoms with E-state index in [1.165, 1.54) is 38.5 Å². The summed E-state index contributed by atoms with van der Waals surface area (Å²) in [6.07, 6.45) is 46.0. The lowest BCUT2D eigenvalue weighted by Gasteiger charge is -2.43. The van der Waals surface area contributed by atoms with Crippen LogP contribution in [-0.2, 0) is 19.1 Å². The smallest absolute Gasteiger partial charge is 0.306 e. The molecule has 1 heterocycles. The highest BCUT2D eigenvalue weighted by atomic mass is 16.6. The van der Waals surface area contributed by atoms with Crippen molar-refractivity contribution in [2.24, 2.45) is 10.8 Å². The Morgan fingerprint density at radius 3 is 1.91 bits per heavy atom. The van der Waals surface area contributed by atoms with Gasteiger partial charge in [-0.25, -0.2) is 0 Å². The van der Waals surface area contributed by atoms with Crippen LogP contribution in [-0.4, -0.2) is 51.0 Å². The van der Waals surface area contributed by atoms with Gasteiger partial charge in [-0.05, 0) is 116 Å². The predicted octanol–water partition coefficient (Wildman–Crippen LogP) is 14.5. The molecule has 354 valence electrons. The van der Waals surface area contributed by atoms with Crippen LogP contribution in [0.2, 0.25) is 0 Å². The van der Waals surface area contributed by atoms with Crippen LogP contribution in [0.4, 0.5) is 0 Å². The number of carbonyl (C=O) groups is 2. The molecule has 0 unspecified atom stereocenters. The van der Waals surface area contributed by atoms with Crippen molar-refractivity contribution in [2.75, 3.05) is 0 Å². The van der Waals surface area contributed by atoms with E-state index in [0.717, 1.165) is 54.4 Å². The topological polar surface area (TPSA) is 96.4 Å². The molecule has 0 aromatic heterocycles. The molecule has 0 aromatic rings. The van der Waals surface area contributed by atoms with Gasteiger partial charge in [-0.1, -0.05) is 163 Å². The summed E-state index contributed by atoms with van der Waals surface area (Å²) in [5.74, 6) is -0.0422. The monoisotopic (exact) mass is 879 g/mol. The van der Waals surface area contributed by atoms with Gasteiger partial charge >= 0.3 is 5.97 Å². The fourth-order valence-corrected chi connectivity index (χ4v) is 9.85. The predicted molar refractivity (Wildman–Crippen MR) is 268 cm³/mol. The number of esters is 1. The first-order chi connectivity index (χ1) is 30.2. The molecule has 0 amide bonds. The molecule has 3 fully saturated rings. The summed E-state index contributed by atoms with van der Waals surface area (Å²) in [4.78, 5) is 26.4. The van der Waals surface area contributed by atoms with Crippen LogP contribution in [0.5, 0.6) is 0 Å². The molecule has 1 saturated heterocycles. The Hall–Kier alpha value is -3.80. The molecule has 0 spiro atoms. The normalized spacial score (nSPS) is 27.5. The van der Waals surface area contributed by atoms with Crippen molar-refractivity contribution in [3.8, 4) is 0 Å². The van der Waals surface area contributed by atoms with E-state index in [4.69, 9.17) is 9.47 Å². The van der Waals surface area contributed by atoms with Gasteiger partial charge in [-0.3, -0.25) is 9.59 Å². The fraction of sp³-hybridized carbons (Fsp3) is 0.603. The Labute approximate surface area is 389 Å². The number of ether oxygens (including phenoxy) is 2. The standard InChI is InChI=1S/C58H86O6/c1-12-13-14-15-16-17-18-19-20-21-22-23-24-25-26-37-53(61)63-50-42-55(8,9)58(57(11,43-50)64-58)44-51(60)48(5)36-30-35-46(3)32-28-27-31-45(2)33-29-34-47(4)38-39-52-54(6,7)40-49(59)41-56(52,10)62/h16-17,19-20,27-36,38,49-50,59,62H,12-15,18,21-26,37,40-44H2,1-11H3/b17-16-,20-19-,28-27+,33-29+,35-30+,45-31+,46-32+,47-34+,48-36+/t39?,49-,50-,56+,57+,58-/m0/s1. The Kier molecular flexibility index (Phi) is 22.0. The van der Waals surface area contributed by atoms with Crippen molar-refractivity contribution in [3.05, 3.63) is 125 Å². The van der Waals surface area contributed by atoms with Gasteiger partial charge in [0.2, 0.25) is 0 Å². The maximum absolute atomic E-state index is 13.5. The lowest BCUT2D eigenvalue weighted by atomic mass is 9.61. The van der Waals surface area contributed by atoms with Crippen LogP contribution in [0.3, 0.4) is 0 Å². The van der Waals surface area contributed by atoms with Gasteiger partial charge in [0.25, 0.3) is 0 Å². The molecule has 3 aliphatic rings. The van der Waals surface area contributed by atoms with Gasteiger partial charge in [0.15, 0.2) is 5.78 Å². The Morgan fingerprint density at radius 1 is 0.719 bits per heavy atom. The number of epoxide rings is 1. The van der Waals surface area contributed by atoms with E-state index in [-0.39, 0.29) is 28.7 Å². The van der Waals surface area contributed by atoms with E-state index in [9.17, 15) is 19.8 Å². The Bertz CT molecular complexity index is 1880. The van der Waals surface area contributed by atoms with Crippen LogP contribution >= 0.6 is 0 Å². The van der Waals surface area contributed by atoms with Crippen molar-refractivity contribution in [2.45, 2.75) is 214 Å². The second-order valence-corrected chi connectivity index (χ2v) is 20.7. The van der Waals surface area contributed by atoms with E-state index < -0.39 is 22.9 Å². The molecule has 5 atom stereocenters. The maximum Gasteiger partial charge on any atom is 0.306 e. The van der Waals surface area contributed by atoms with Gasteiger partial charge in [0.1, 0.15) is 11.7 Å². The SMILES string of the molecule is CCCCC/C=C\C/C=C\CCCCCCCC(=O)O[C@H]1CC(C)(C)[C@]2(CC(=O)/C(C)=C/C=C/C(C)=C/C=C/C=C(C)/C=C/C=C(\C)C=C=C3C(C)(C)C[C@H](O)C[C@@]3(C)O)O[C@]2(C)C1.